The van der Waals surface area contributed by atoms with Gasteiger partial charge in [-0.05, 0) is 25.2 Å². The second-order valence-electron chi connectivity index (χ2n) is 5.52. The molecule has 2 aliphatic rings. The zero-order valence-corrected chi connectivity index (χ0v) is 11.4. The van der Waals surface area contributed by atoms with E-state index in [-0.39, 0.29) is 17.7 Å². The van der Waals surface area contributed by atoms with E-state index in [4.69, 9.17) is 0 Å². The van der Waals surface area contributed by atoms with Crippen LogP contribution in [0.2, 0.25) is 0 Å². The number of rotatable bonds is 5. The summed E-state index contributed by atoms with van der Waals surface area (Å²) in [4.78, 5) is 25.5. The van der Waals surface area contributed by atoms with E-state index in [1.165, 1.54) is 0 Å². The van der Waals surface area contributed by atoms with Crippen molar-refractivity contribution >= 4 is 11.8 Å². The number of alkyl halides is 3. The van der Waals surface area contributed by atoms with Gasteiger partial charge in [0.05, 0.1) is 6.42 Å². The van der Waals surface area contributed by atoms with Crippen molar-refractivity contribution in [2.24, 2.45) is 5.92 Å². The molecule has 0 aromatic heterocycles. The van der Waals surface area contributed by atoms with Crippen molar-refractivity contribution in [3.05, 3.63) is 0 Å². The van der Waals surface area contributed by atoms with Gasteiger partial charge in [-0.1, -0.05) is 13.3 Å². The van der Waals surface area contributed by atoms with Gasteiger partial charge >= 0.3 is 6.18 Å². The summed E-state index contributed by atoms with van der Waals surface area (Å²) in [6.07, 6.45) is -2.65. The van der Waals surface area contributed by atoms with Gasteiger partial charge in [0.15, 0.2) is 0 Å². The van der Waals surface area contributed by atoms with Crippen LogP contribution in [0.4, 0.5) is 13.2 Å². The third-order valence-corrected chi connectivity index (χ3v) is 3.82. The van der Waals surface area contributed by atoms with Gasteiger partial charge in [-0.2, -0.15) is 13.2 Å². The molecule has 20 heavy (non-hydrogen) atoms. The van der Waals surface area contributed by atoms with Crippen LogP contribution in [0, 0.1) is 5.92 Å². The van der Waals surface area contributed by atoms with E-state index >= 15 is 0 Å². The standard InChI is InChI=1S/C13H19F3N2O2/c1-2-3-9-11(19)17-10(8-4-5-8)12(20)18(9)7-6-13(14,15)16/h8-10H,2-7H2,1H3,(H,17,19). The zero-order valence-electron chi connectivity index (χ0n) is 11.4. The van der Waals surface area contributed by atoms with Crippen molar-refractivity contribution in [1.29, 1.82) is 0 Å². The predicted molar refractivity (Wildman–Crippen MR) is 65.7 cm³/mol. The molecule has 0 bridgehead atoms. The zero-order chi connectivity index (χ0) is 14.9. The summed E-state index contributed by atoms with van der Waals surface area (Å²) in [5, 5.41) is 2.68. The van der Waals surface area contributed by atoms with Crippen LogP contribution in [0.1, 0.15) is 39.0 Å². The lowest BCUT2D eigenvalue weighted by Crippen LogP contribution is -2.64. The van der Waals surface area contributed by atoms with Gasteiger partial charge in [0.25, 0.3) is 0 Å². The number of nitrogens with one attached hydrogen (secondary N) is 1. The maximum Gasteiger partial charge on any atom is 0.390 e. The minimum atomic E-state index is -4.32. The second-order valence-corrected chi connectivity index (χ2v) is 5.52. The summed E-state index contributed by atoms with van der Waals surface area (Å²) in [5.41, 5.74) is 0. The Labute approximate surface area is 115 Å². The van der Waals surface area contributed by atoms with Gasteiger partial charge in [-0.15, -0.1) is 0 Å². The van der Waals surface area contributed by atoms with E-state index in [0.717, 1.165) is 17.7 Å². The van der Waals surface area contributed by atoms with Crippen molar-refractivity contribution in [2.75, 3.05) is 6.54 Å². The molecule has 1 aliphatic carbocycles. The molecule has 2 unspecified atom stereocenters. The van der Waals surface area contributed by atoms with E-state index < -0.39 is 31.2 Å². The lowest BCUT2D eigenvalue weighted by Gasteiger charge is -2.39. The van der Waals surface area contributed by atoms with Crippen molar-refractivity contribution in [3.63, 3.8) is 0 Å². The lowest BCUT2D eigenvalue weighted by molar-refractivity contribution is -0.158. The maximum absolute atomic E-state index is 12.4. The summed E-state index contributed by atoms with van der Waals surface area (Å²) in [7, 11) is 0. The number of carbonyl (C=O) groups excluding carboxylic acids is 2. The number of halogens is 3. The first-order valence-electron chi connectivity index (χ1n) is 7.01. The fourth-order valence-electron chi connectivity index (χ4n) is 2.61. The smallest absolute Gasteiger partial charge is 0.342 e. The van der Waals surface area contributed by atoms with E-state index in [1.54, 1.807) is 0 Å². The minimum Gasteiger partial charge on any atom is -0.342 e. The van der Waals surface area contributed by atoms with Crippen LogP contribution in [0.15, 0.2) is 0 Å². The highest BCUT2D eigenvalue weighted by Gasteiger charge is 2.47. The van der Waals surface area contributed by atoms with Crippen LogP contribution < -0.4 is 5.32 Å². The predicted octanol–water partition coefficient (Wildman–Crippen LogP) is 1.84. The van der Waals surface area contributed by atoms with Crippen molar-refractivity contribution in [3.8, 4) is 0 Å². The maximum atomic E-state index is 12.4. The average Bonchev–Trinajstić information content (AvgIpc) is 3.15. The number of hydrogen-bond donors (Lipinski definition) is 1. The Kier molecular flexibility index (Phi) is 4.25. The molecule has 4 nitrogen and oxygen atoms in total. The van der Waals surface area contributed by atoms with Crippen molar-refractivity contribution in [1.82, 2.24) is 10.2 Å². The van der Waals surface area contributed by atoms with E-state index in [0.29, 0.717) is 12.8 Å². The number of nitrogens with zero attached hydrogens (tertiary/aromatic N) is 1. The molecular weight excluding hydrogens is 273 g/mol. The number of amides is 2. The van der Waals surface area contributed by atoms with Crippen LogP contribution in [0.25, 0.3) is 0 Å². The average molecular weight is 292 g/mol. The van der Waals surface area contributed by atoms with E-state index in [2.05, 4.69) is 5.32 Å². The van der Waals surface area contributed by atoms with Crippen molar-refractivity contribution in [2.45, 2.75) is 57.3 Å². The molecule has 1 saturated carbocycles. The van der Waals surface area contributed by atoms with Gasteiger partial charge in [0.1, 0.15) is 12.1 Å². The quantitative estimate of drug-likeness (QED) is 0.840. The molecule has 0 aromatic rings. The molecule has 0 aromatic carbocycles. The number of piperazine rings is 1. The first kappa shape index (κ1) is 15.1. The molecule has 7 heteroatoms. The third kappa shape index (κ3) is 3.43. The Balaban J connectivity index is 2.10. The molecule has 0 radical (unpaired) electrons. The van der Waals surface area contributed by atoms with Crippen LogP contribution >= 0.6 is 0 Å². The Hall–Kier alpha value is -1.27. The van der Waals surface area contributed by atoms with Gasteiger partial charge in [0, 0.05) is 6.54 Å². The van der Waals surface area contributed by atoms with Gasteiger partial charge in [-0.25, -0.2) is 0 Å². The molecule has 1 aliphatic heterocycles. The summed E-state index contributed by atoms with van der Waals surface area (Å²) >= 11 is 0. The summed E-state index contributed by atoms with van der Waals surface area (Å²) in [6, 6.07) is -1.38. The normalized spacial score (nSPS) is 27.7. The number of hydrogen-bond acceptors (Lipinski definition) is 2. The molecule has 1 heterocycles. The van der Waals surface area contributed by atoms with Crippen LogP contribution in [-0.4, -0.2) is 41.5 Å². The molecular formula is C13H19F3N2O2. The second kappa shape index (κ2) is 5.61. The van der Waals surface area contributed by atoms with Crippen molar-refractivity contribution < 1.29 is 22.8 Å². The Bertz CT molecular complexity index is 394. The molecule has 114 valence electrons. The van der Waals surface area contributed by atoms with E-state index in [1.807, 2.05) is 6.92 Å². The SMILES string of the molecule is CCCC1C(=O)NC(C2CC2)C(=O)N1CCC(F)(F)F. The number of carbonyl (C=O) groups is 2. The van der Waals surface area contributed by atoms with Gasteiger partial charge in [-0.3, -0.25) is 9.59 Å². The molecule has 2 amide bonds. The third-order valence-electron chi connectivity index (χ3n) is 3.82. The largest absolute Gasteiger partial charge is 0.390 e. The molecule has 2 atom stereocenters. The van der Waals surface area contributed by atoms with E-state index in [9.17, 15) is 22.8 Å². The molecule has 2 rings (SSSR count). The molecule has 2 fully saturated rings. The van der Waals surface area contributed by atoms with Gasteiger partial charge in [0.2, 0.25) is 11.8 Å². The Morgan fingerprint density at radius 1 is 1.30 bits per heavy atom. The Morgan fingerprint density at radius 3 is 2.45 bits per heavy atom. The molecule has 0 spiro atoms. The highest BCUT2D eigenvalue weighted by atomic mass is 19.4. The highest BCUT2D eigenvalue weighted by Crippen LogP contribution is 2.35. The fraction of sp³-hybridized carbons (Fsp3) is 0.846. The summed E-state index contributed by atoms with van der Waals surface area (Å²) in [5.74, 6) is -0.567. The fourth-order valence-corrected chi connectivity index (χ4v) is 2.61. The molecule has 1 N–H and O–H groups in total. The lowest BCUT2D eigenvalue weighted by atomic mass is 10.00. The van der Waals surface area contributed by atoms with Gasteiger partial charge < -0.3 is 10.2 Å². The topological polar surface area (TPSA) is 49.4 Å². The first-order valence-corrected chi connectivity index (χ1v) is 7.01. The minimum absolute atomic E-state index is 0.0995. The first-order chi connectivity index (χ1) is 9.33. The van der Waals surface area contributed by atoms with Crippen LogP contribution in [0.3, 0.4) is 0 Å². The molecule has 1 saturated heterocycles. The highest BCUT2D eigenvalue weighted by molar-refractivity contribution is 5.97. The summed E-state index contributed by atoms with van der Waals surface area (Å²) < 4.78 is 37.1. The summed E-state index contributed by atoms with van der Waals surface area (Å²) in [6.45, 7) is 1.41. The van der Waals surface area contributed by atoms with Crippen LogP contribution in [0.5, 0.6) is 0 Å². The van der Waals surface area contributed by atoms with Crippen LogP contribution in [-0.2, 0) is 9.59 Å². The Morgan fingerprint density at radius 2 is 1.95 bits per heavy atom. The monoisotopic (exact) mass is 292 g/mol.